The third kappa shape index (κ3) is 3.55. The number of benzene rings is 1. The Morgan fingerprint density at radius 3 is 2.80 bits per heavy atom. The molecular weight excluding hydrogens is 382 g/mol. The molecule has 1 aliphatic carbocycles. The van der Waals surface area contributed by atoms with E-state index >= 15 is 0 Å². The van der Waals surface area contributed by atoms with E-state index in [1.807, 2.05) is 12.3 Å². The van der Waals surface area contributed by atoms with Crippen molar-refractivity contribution in [3.63, 3.8) is 0 Å². The van der Waals surface area contributed by atoms with E-state index in [-0.39, 0.29) is 12.1 Å². The minimum absolute atomic E-state index is 0.0911. The molecule has 1 aromatic heterocycles. The molecule has 0 unspecified atom stereocenters. The Kier molecular flexibility index (Phi) is 5.15. The number of methoxy groups -OCH3 is 1. The van der Waals surface area contributed by atoms with Gasteiger partial charge in [0.05, 0.1) is 44.9 Å². The zero-order chi connectivity index (χ0) is 20.7. The molecule has 1 amide bonds. The second-order valence-corrected chi connectivity index (χ2v) is 8.65. The summed E-state index contributed by atoms with van der Waals surface area (Å²) in [6.07, 6.45) is 8.84. The molecule has 1 saturated heterocycles. The van der Waals surface area contributed by atoms with Crippen molar-refractivity contribution in [1.29, 1.82) is 0 Å². The van der Waals surface area contributed by atoms with Crippen molar-refractivity contribution in [2.45, 2.75) is 51.1 Å². The molecule has 1 atom stereocenters. The van der Waals surface area contributed by atoms with E-state index in [2.05, 4.69) is 29.0 Å². The summed E-state index contributed by atoms with van der Waals surface area (Å²) in [6.45, 7) is 4.35. The lowest BCUT2D eigenvalue weighted by Crippen LogP contribution is -2.42. The summed E-state index contributed by atoms with van der Waals surface area (Å²) in [5, 5.41) is 4.57. The van der Waals surface area contributed by atoms with Gasteiger partial charge in [-0.2, -0.15) is 5.10 Å². The van der Waals surface area contributed by atoms with Gasteiger partial charge >= 0.3 is 6.09 Å². The highest BCUT2D eigenvalue weighted by molar-refractivity contribution is 5.92. The minimum Gasteiger partial charge on any atom is -0.493 e. The average molecular weight is 412 g/mol. The second kappa shape index (κ2) is 7.95. The number of nitrogens with zero attached hydrogens (tertiary/aromatic N) is 3. The molecular formula is C23H29N3O4. The van der Waals surface area contributed by atoms with E-state index in [1.165, 1.54) is 20.0 Å². The number of carbonyl (C=O) groups excluding carboxylic acids is 1. The van der Waals surface area contributed by atoms with E-state index in [9.17, 15) is 4.79 Å². The zero-order valence-corrected chi connectivity index (χ0v) is 17.7. The van der Waals surface area contributed by atoms with Gasteiger partial charge in [-0.1, -0.05) is 0 Å². The molecule has 5 rings (SSSR count). The van der Waals surface area contributed by atoms with Gasteiger partial charge in [0.2, 0.25) is 0 Å². The summed E-state index contributed by atoms with van der Waals surface area (Å²) >= 11 is 0. The lowest BCUT2D eigenvalue weighted by Gasteiger charge is -2.35. The minimum atomic E-state index is -0.324. The van der Waals surface area contributed by atoms with Crippen molar-refractivity contribution in [1.82, 2.24) is 9.78 Å². The van der Waals surface area contributed by atoms with Gasteiger partial charge in [-0.15, -0.1) is 0 Å². The van der Waals surface area contributed by atoms with E-state index in [1.54, 1.807) is 4.90 Å². The van der Waals surface area contributed by atoms with Crippen LogP contribution in [0.25, 0.3) is 11.1 Å². The Morgan fingerprint density at radius 1 is 1.27 bits per heavy atom. The van der Waals surface area contributed by atoms with Crippen molar-refractivity contribution >= 4 is 11.8 Å². The lowest BCUT2D eigenvalue weighted by atomic mass is 9.92. The van der Waals surface area contributed by atoms with Crippen LogP contribution in [-0.4, -0.2) is 48.8 Å². The summed E-state index contributed by atoms with van der Waals surface area (Å²) in [4.78, 5) is 14.2. The summed E-state index contributed by atoms with van der Waals surface area (Å²) in [5.41, 5.74) is 4.08. The number of fused-ring (bicyclic) bond motifs is 1. The highest BCUT2D eigenvalue weighted by atomic mass is 16.5. The first-order valence-corrected chi connectivity index (χ1v) is 10.9. The Morgan fingerprint density at radius 2 is 2.10 bits per heavy atom. The topological polar surface area (TPSA) is 65.8 Å². The largest absolute Gasteiger partial charge is 0.493 e. The molecule has 0 bridgehead atoms. The molecule has 1 saturated carbocycles. The van der Waals surface area contributed by atoms with E-state index in [4.69, 9.17) is 14.2 Å². The third-order valence-electron chi connectivity index (χ3n) is 6.43. The van der Waals surface area contributed by atoms with Crippen LogP contribution in [0.5, 0.6) is 5.75 Å². The number of hydrogen-bond acceptors (Lipinski definition) is 5. The molecule has 7 nitrogen and oxygen atoms in total. The van der Waals surface area contributed by atoms with Crippen LogP contribution in [0.4, 0.5) is 10.5 Å². The maximum absolute atomic E-state index is 12.5. The first-order valence-electron chi connectivity index (χ1n) is 10.9. The predicted molar refractivity (Wildman–Crippen MR) is 113 cm³/mol. The number of rotatable bonds is 6. The van der Waals surface area contributed by atoms with Gasteiger partial charge in [-0.25, -0.2) is 4.79 Å². The fraction of sp³-hybridized carbons (Fsp3) is 0.565. The zero-order valence-electron chi connectivity index (χ0n) is 17.7. The summed E-state index contributed by atoms with van der Waals surface area (Å²) in [6, 6.07) is 4.71. The Bertz CT molecular complexity index is 933. The summed E-state index contributed by atoms with van der Waals surface area (Å²) < 4.78 is 18.8. The van der Waals surface area contributed by atoms with Crippen LogP contribution in [0.3, 0.4) is 0 Å². The maximum atomic E-state index is 12.5. The van der Waals surface area contributed by atoms with Crippen LogP contribution in [0.1, 0.15) is 44.2 Å². The molecule has 2 aromatic rings. The number of ether oxygens (including phenoxy) is 3. The van der Waals surface area contributed by atoms with Gasteiger partial charge in [0, 0.05) is 34.8 Å². The SMILES string of the molecule is COC(=O)N1c2ccc(-c3cnn(C4CC4)c3)c(OCCC3COC3)c2CC[C@@H]1C. The maximum Gasteiger partial charge on any atom is 0.414 e. The van der Waals surface area contributed by atoms with Gasteiger partial charge in [0.25, 0.3) is 0 Å². The van der Waals surface area contributed by atoms with Crippen LogP contribution in [-0.2, 0) is 15.9 Å². The normalized spacial score (nSPS) is 21.1. The molecule has 1 aromatic carbocycles. The molecule has 0 N–H and O–H groups in total. The molecule has 7 heteroatoms. The van der Waals surface area contributed by atoms with Crippen LogP contribution in [0.15, 0.2) is 24.5 Å². The van der Waals surface area contributed by atoms with Crippen molar-refractivity contribution in [2.75, 3.05) is 31.8 Å². The molecule has 3 aliphatic rings. The van der Waals surface area contributed by atoms with E-state index < -0.39 is 0 Å². The van der Waals surface area contributed by atoms with Gasteiger partial charge in [-0.3, -0.25) is 9.58 Å². The van der Waals surface area contributed by atoms with Crippen molar-refractivity contribution in [3.8, 4) is 16.9 Å². The molecule has 160 valence electrons. The first kappa shape index (κ1) is 19.4. The van der Waals surface area contributed by atoms with Gasteiger partial charge in [-0.05, 0) is 51.2 Å². The number of hydrogen-bond donors (Lipinski definition) is 0. The van der Waals surface area contributed by atoms with E-state index in [0.717, 1.165) is 60.6 Å². The number of aromatic nitrogens is 2. The molecule has 2 aliphatic heterocycles. The van der Waals surface area contributed by atoms with Crippen molar-refractivity contribution < 1.29 is 19.0 Å². The van der Waals surface area contributed by atoms with Crippen molar-refractivity contribution in [2.24, 2.45) is 5.92 Å². The number of carbonyl (C=O) groups is 1. The highest BCUT2D eigenvalue weighted by Crippen LogP contribution is 2.44. The highest BCUT2D eigenvalue weighted by Gasteiger charge is 2.33. The molecule has 0 spiro atoms. The van der Waals surface area contributed by atoms with Crippen LogP contribution >= 0.6 is 0 Å². The molecule has 0 radical (unpaired) electrons. The number of amides is 1. The van der Waals surface area contributed by atoms with Gasteiger partial charge in [0.15, 0.2) is 0 Å². The second-order valence-electron chi connectivity index (χ2n) is 8.65. The van der Waals surface area contributed by atoms with E-state index in [0.29, 0.717) is 18.6 Å². The predicted octanol–water partition coefficient (Wildman–Crippen LogP) is 4.21. The molecule has 30 heavy (non-hydrogen) atoms. The Hall–Kier alpha value is -2.54. The molecule has 2 fully saturated rings. The average Bonchev–Trinajstić information content (AvgIpc) is 3.46. The standard InChI is InChI=1S/C23H29N3O4/c1-15-3-6-20-21(26(15)23(27)28-2)8-7-19(17-11-24-25(12-17)18-4-5-18)22(20)30-10-9-16-13-29-14-16/h7-8,11-12,15-16,18H,3-6,9-10,13-14H2,1-2H3/t15-/m0/s1. The smallest absolute Gasteiger partial charge is 0.414 e. The lowest BCUT2D eigenvalue weighted by molar-refractivity contribution is -0.0401. The fourth-order valence-electron chi connectivity index (χ4n) is 4.37. The van der Waals surface area contributed by atoms with Gasteiger partial charge < -0.3 is 14.2 Å². The Labute approximate surface area is 176 Å². The fourth-order valence-corrected chi connectivity index (χ4v) is 4.37. The van der Waals surface area contributed by atoms with Crippen LogP contribution in [0, 0.1) is 5.92 Å². The third-order valence-corrected chi connectivity index (χ3v) is 6.43. The van der Waals surface area contributed by atoms with Gasteiger partial charge in [0.1, 0.15) is 5.75 Å². The Balaban J connectivity index is 1.51. The van der Waals surface area contributed by atoms with Crippen LogP contribution in [0.2, 0.25) is 0 Å². The monoisotopic (exact) mass is 411 g/mol. The molecule has 3 heterocycles. The number of anilines is 1. The first-order chi connectivity index (χ1) is 14.7. The summed E-state index contributed by atoms with van der Waals surface area (Å²) in [5.74, 6) is 1.46. The summed E-state index contributed by atoms with van der Waals surface area (Å²) in [7, 11) is 1.43. The van der Waals surface area contributed by atoms with Crippen molar-refractivity contribution in [3.05, 3.63) is 30.1 Å². The quantitative estimate of drug-likeness (QED) is 0.712. The van der Waals surface area contributed by atoms with Crippen LogP contribution < -0.4 is 9.64 Å².